The average molecular weight is 349 g/mol. The third kappa shape index (κ3) is 2.88. The van der Waals surface area contributed by atoms with Crippen LogP contribution in [0.5, 0.6) is 0 Å². The molecule has 3 aromatic rings. The van der Waals surface area contributed by atoms with E-state index in [4.69, 9.17) is 0 Å². The summed E-state index contributed by atoms with van der Waals surface area (Å²) in [6, 6.07) is 11.9. The van der Waals surface area contributed by atoms with E-state index in [1.165, 1.54) is 6.07 Å². The second kappa shape index (κ2) is 5.77. The maximum Gasteiger partial charge on any atom is 0.149 e. The maximum absolute atomic E-state index is 13.7. The molecule has 21 heavy (non-hydrogen) atoms. The Morgan fingerprint density at radius 1 is 1.05 bits per heavy atom. The number of hydrogen-bond donors (Lipinski definition) is 1. The second-order valence-corrected chi connectivity index (χ2v) is 5.44. The van der Waals surface area contributed by atoms with E-state index < -0.39 is 11.6 Å². The highest BCUT2D eigenvalue weighted by Crippen LogP contribution is 2.25. The van der Waals surface area contributed by atoms with Gasteiger partial charge in [-0.2, -0.15) is 0 Å². The van der Waals surface area contributed by atoms with E-state index in [9.17, 15) is 8.78 Å². The number of pyridine rings is 1. The lowest BCUT2D eigenvalue weighted by molar-refractivity contribution is 0.580. The predicted molar refractivity (Wildman–Crippen MR) is 83.1 cm³/mol. The number of fused-ring (bicyclic) bond motifs is 1. The third-order valence-electron chi connectivity index (χ3n) is 3.22. The number of benzene rings is 2. The summed E-state index contributed by atoms with van der Waals surface area (Å²) in [7, 11) is 0. The van der Waals surface area contributed by atoms with Gasteiger partial charge in [0.1, 0.15) is 11.6 Å². The van der Waals surface area contributed by atoms with E-state index in [2.05, 4.69) is 26.2 Å². The predicted octanol–water partition coefficient (Wildman–Crippen LogP) is 4.89. The summed E-state index contributed by atoms with van der Waals surface area (Å²) in [5.41, 5.74) is 2.14. The minimum atomic E-state index is -0.618. The van der Waals surface area contributed by atoms with Gasteiger partial charge in [0.25, 0.3) is 0 Å². The Hall–Kier alpha value is -2.01. The Morgan fingerprint density at radius 2 is 1.86 bits per heavy atom. The van der Waals surface area contributed by atoms with Crippen LogP contribution in [0.25, 0.3) is 10.9 Å². The van der Waals surface area contributed by atoms with Gasteiger partial charge in [-0.25, -0.2) is 8.78 Å². The smallest absolute Gasteiger partial charge is 0.149 e. The number of nitrogens with zero attached hydrogens (tertiary/aromatic N) is 1. The monoisotopic (exact) mass is 348 g/mol. The van der Waals surface area contributed by atoms with Gasteiger partial charge in [0.15, 0.2) is 0 Å². The molecule has 0 aliphatic carbocycles. The van der Waals surface area contributed by atoms with Crippen molar-refractivity contribution in [1.29, 1.82) is 0 Å². The SMILES string of the molecule is Fc1cc(F)c(NCc2ccnc3ccccc23)cc1Br. The van der Waals surface area contributed by atoms with Crippen LogP contribution in [0.15, 0.2) is 53.1 Å². The number of nitrogens with one attached hydrogen (secondary N) is 1. The summed E-state index contributed by atoms with van der Waals surface area (Å²) in [6.07, 6.45) is 1.72. The van der Waals surface area contributed by atoms with Crippen LogP contribution in [0.1, 0.15) is 5.56 Å². The fraction of sp³-hybridized carbons (Fsp3) is 0.0625. The van der Waals surface area contributed by atoms with E-state index in [1.807, 2.05) is 30.3 Å². The van der Waals surface area contributed by atoms with Crippen LogP contribution in [0.2, 0.25) is 0 Å². The standard InChI is InChI=1S/C16H11BrF2N2/c17-12-7-16(14(19)8-13(12)18)21-9-10-5-6-20-15-4-2-1-3-11(10)15/h1-8,21H,9H2. The van der Waals surface area contributed by atoms with Gasteiger partial charge in [0.05, 0.1) is 15.7 Å². The van der Waals surface area contributed by atoms with Gasteiger partial charge in [-0.3, -0.25) is 4.98 Å². The highest BCUT2D eigenvalue weighted by atomic mass is 79.9. The molecule has 0 atom stereocenters. The highest BCUT2D eigenvalue weighted by Gasteiger charge is 2.08. The van der Waals surface area contributed by atoms with Crippen LogP contribution in [0.3, 0.4) is 0 Å². The molecule has 0 amide bonds. The normalized spacial score (nSPS) is 10.8. The Bertz CT molecular complexity index is 800. The van der Waals surface area contributed by atoms with Crippen molar-refractivity contribution in [2.75, 3.05) is 5.32 Å². The molecule has 1 N–H and O–H groups in total. The Morgan fingerprint density at radius 3 is 2.71 bits per heavy atom. The summed E-state index contributed by atoms with van der Waals surface area (Å²) in [5.74, 6) is -1.23. The molecule has 0 saturated carbocycles. The lowest BCUT2D eigenvalue weighted by Gasteiger charge is -2.10. The first-order valence-corrected chi connectivity index (χ1v) is 7.15. The largest absolute Gasteiger partial charge is 0.379 e. The summed E-state index contributed by atoms with van der Waals surface area (Å²) in [5, 5.41) is 4.00. The summed E-state index contributed by atoms with van der Waals surface area (Å²) in [4.78, 5) is 4.28. The van der Waals surface area contributed by atoms with Crippen molar-refractivity contribution in [2.24, 2.45) is 0 Å². The van der Waals surface area contributed by atoms with E-state index >= 15 is 0 Å². The number of para-hydroxylation sites is 1. The van der Waals surface area contributed by atoms with E-state index in [1.54, 1.807) is 6.20 Å². The van der Waals surface area contributed by atoms with E-state index in [0.717, 1.165) is 22.5 Å². The molecule has 2 nitrogen and oxygen atoms in total. The van der Waals surface area contributed by atoms with Crippen molar-refractivity contribution in [3.63, 3.8) is 0 Å². The van der Waals surface area contributed by atoms with Crippen LogP contribution >= 0.6 is 15.9 Å². The van der Waals surface area contributed by atoms with Crippen LogP contribution in [-0.4, -0.2) is 4.98 Å². The van der Waals surface area contributed by atoms with Gasteiger partial charge < -0.3 is 5.32 Å². The first-order chi connectivity index (χ1) is 10.1. The second-order valence-electron chi connectivity index (χ2n) is 4.59. The Kier molecular flexibility index (Phi) is 3.84. The number of hydrogen-bond acceptors (Lipinski definition) is 2. The molecule has 0 aliphatic rings. The first-order valence-electron chi connectivity index (χ1n) is 6.36. The number of rotatable bonds is 3. The minimum absolute atomic E-state index is 0.228. The average Bonchev–Trinajstić information content (AvgIpc) is 2.49. The zero-order chi connectivity index (χ0) is 14.8. The molecule has 0 unspecified atom stereocenters. The Labute approximate surface area is 129 Å². The molecule has 1 heterocycles. The molecule has 0 bridgehead atoms. The molecule has 0 fully saturated rings. The third-order valence-corrected chi connectivity index (χ3v) is 3.83. The molecule has 5 heteroatoms. The summed E-state index contributed by atoms with van der Waals surface area (Å²) in [6.45, 7) is 0.429. The fourth-order valence-corrected chi connectivity index (χ4v) is 2.50. The fourth-order valence-electron chi connectivity index (χ4n) is 2.16. The van der Waals surface area contributed by atoms with Gasteiger partial charge in [0, 0.05) is 24.2 Å². The topological polar surface area (TPSA) is 24.9 Å². The lowest BCUT2D eigenvalue weighted by Crippen LogP contribution is -2.03. The molecule has 2 aromatic carbocycles. The maximum atomic E-state index is 13.7. The molecule has 1 aromatic heterocycles. The molecule has 3 rings (SSSR count). The molecule has 0 aliphatic heterocycles. The van der Waals surface area contributed by atoms with E-state index in [0.29, 0.717) is 6.54 Å². The van der Waals surface area contributed by atoms with Gasteiger partial charge in [0.2, 0.25) is 0 Å². The number of anilines is 1. The quantitative estimate of drug-likeness (QED) is 0.681. The van der Waals surface area contributed by atoms with Crippen molar-refractivity contribution in [1.82, 2.24) is 4.98 Å². The number of halogens is 3. The molecule has 106 valence electrons. The summed E-state index contributed by atoms with van der Waals surface area (Å²) >= 11 is 3.05. The van der Waals surface area contributed by atoms with Gasteiger partial charge in [-0.15, -0.1) is 0 Å². The molecular formula is C16H11BrF2N2. The Balaban J connectivity index is 1.89. The molecule has 0 radical (unpaired) electrons. The van der Waals surface area contributed by atoms with Gasteiger partial charge in [-0.05, 0) is 39.7 Å². The van der Waals surface area contributed by atoms with E-state index in [-0.39, 0.29) is 10.2 Å². The first kappa shape index (κ1) is 13.9. The van der Waals surface area contributed by atoms with Crippen molar-refractivity contribution in [3.05, 3.63) is 70.3 Å². The zero-order valence-electron chi connectivity index (χ0n) is 10.9. The summed E-state index contributed by atoms with van der Waals surface area (Å²) < 4.78 is 27.1. The van der Waals surface area contributed by atoms with Crippen LogP contribution < -0.4 is 5.32 Å². The van der Waals surface area contributed by atoms with Crippen molar-refractivity contribution in [2.45, 2.75) is 6.54 Å². The van der Waals surface area contributed by atoms with Crippen LogP contribution in [0.4, 0.5) is 14.5 Å². The lowest BCUT2D eigenvalue weighted by atomic mass is 10.1. The van der Waals surface area contributed by atoms with Crippen LogP contribution in [-0.2, 0) is 6.54 Å². The highest BCUT2D eigenvalue weighted by molar-refractivity contribution is 9.10. The number of aromatic nitrogens is 1. The molecular weight excluding hydrogens is 338 g/mol. The molecule has 0 saturated heterocycles. The van der Waals surface area contributed by atoms with Crippen molar-refractivity contribution >= 4 is 32.5 Å². The minimum Gasteiger partial charge on any atom is -0.379 e. The van der Waals surface area contributed by atoms with Crippen LogP contribution in [0, 0.1) is 11.6 Å². The van der Waals surface area contributed by atoms with Gasteiger partial charge in [-0.1, -0.05) is 18.2 Å². The van der Waals surface area contributed by atoms with Crippen molar-refractivity contribution in [3.8, 4) is 0 Å². The molecule has 0 spiro atoms. The zero-order valence-corrected chi connectivity index (χ0v) is 12.5. The van der Waals surface area contributed by atoms with Crippen molar-refractivity contribution < 1.29 is 8.78 Å². The van der Waals surface area contributed by atoms with Gasteiger partial charge >= 0.3 is 0 Å².